The zero-order chi connectivity index (χ0) is 17.6. The maximum atomic E-state index is 12.7. The molecule has 0 aromatic carbocycles. The van der Waals surface area contributed by atoms with Crippen molar-refractivity contribution >= 4 is 17.8 Å². The number of ether oxygens (including phenoxy) is 1. The highest BCUT2D eigenvalue weighted by atomic mass is 16.5. The third-order valence-electron chi connectivity index (χ3n) is 6.36. The Morgan fingerprint density at radius 1 is 1.08 bits per heavy atom. The Morgan fingerprint density at radius 3 is 2.52 bits per heavy atom. The van der Waals surface area contributed by atoms with Gasteiger partial charge in [-0.2, -0.15) is 0 Å². The molecule has 3 unspecified atom stereocenters. The number of imide groups is 1. The molecule has 7 nitrogen and oxygen atoms in total. The lowest BCUT2D eigenvalue weighted by molar-refractivity contribution is -0.136. The molecule has 4 amide bonds. The van der Waals surface area contributed by atoms with Crippen LogP contribution in [-0.4, -0.2) is 77.5 Å². The predicted octanol–water partition coefficient (Wildman–Crippen LogP) is 1.22. The second-order valence-corrected chi connectivity index (χ2v) is 7.81. The van der Waals surface area contributed by atoms with E-state index in [1.54, 1.807) is 12.0 Å². The lowest BCUT2D eigenvalue weighted by Crippen LogP contribution is -2.45. The summed E-state index contributed by atoms with van der Waals surface area (Å²) >= 11 is 0. The second kappa shape index (κ2) is 6.59. The molecule has 0 aromatic heterocycles. The third kappa shape index (κ3) is 2.82. The van der Waals surface area contributed by atoms with Crippen molar-refractivity contribution in [3.8, 4) is 0 Å². The first-order valence-electron chi connectivity index (χ1n) is 9.55. The maximum Gasteiger partial charge on any atom is 0.327 e. The van der Waals surface area contributed by atoms with Crippen LogP contribution in [0.2, 0.25) is 0 Å². The van der Waals surface area contributed by atoms with E-state index >= 15 is 0 Å². The van der Waals surface area contributed by atoms with Crippen LogP contribution in [0.1, 0.15) is 44.9 Å². The Balaban J connectivity index is 1.40. The van der Waals surface area contributed by atoms with Crippen LogP contribution in [0.15, 0.2) is 0 Å². The average molecular weight is 349 g/mol. The maximum absolute atomic E-state index is 12.7. The van der Waals surface area contributed by atoms with E-state index in [0.717, 1.165) is 25.7 Å². The Morgan fingerprint density at radius 2 is 1.84 bits per heavy atom. The first-order valence-corrected chi connectivity index (χ1v) is 9.55. The number of hydrogen-bond acceptors (Lipinski definition) is 4. The minimum absolute atomic E-state index is 0.0481. The van der Waals surface area contributed by atoms with Crippen molar-refractivity contribution in [2.45, 2.75) is 63.1 Å². The van der Waals surface area contributed by atoms with Crippen molar-refractivity contribution in [2.24, 2.45) is 5.92 Å². The van der Waals surface area contributed by atoms with Crippen molar-refractivity contribution in [1.29, 1.82) is 0 Å². The van der Waals surface area contributed by atoms with E-state index in [1.165, 1.54) is 11.3 Å². The number of rotatable bonds is 3. The monoisotopic (exact) mass is 349 g/mol. The van der Waals surface area contributed by atoms with Gasteiger partial charge in [0, 0.05) is 39.1 Å². The van der Waals surface area contributed by atoms with Gasteiger partial charge in [0.05, 0.1) is 12.1 Å². The van der Waals surface area contributed by atoms with Gasteiger partial charge in [0.2, 0.25) is 5.91 Å². The fraction of sp³-hybridized carbons (Fsp3) is 0.833. The molecule has 0 N–H and O–H groups in total. The lowest BCUT2D eigenvalue weighted by Gasteiger charge is -2.27. The van der Waals surface area contributed by atoms with Crippen molar-refractivity contribution in [3.63, 3.8) is 0 Å². The molecule has 1 saturated carbocycles. The molecule has 4 aliphatic rings. The number of nitrogens with zero attached hydrogens (tertiary/aromatic N) is 3. The Kier molecular flexibility index (Phi) is 4.43. The smallest absolute Gasteiger partial charge is 0.327 e. The molecule has 3 atom stereocenters. The molecular weight excluding hydrogens is 322 g/mol. The quantitative estimate of drug-likeness (QED) is 0.719. The van der Waals surface area contributed by atoms with Crippen molar-refractivity contribution in [2.75, 3.05) is 26.7 Å². The van der Waals surface area contributed by atoms with Gasteiger partial charge in [-0.25, -0.2) is 4.79 Å². The van der Waals surface area contributed by atoms with Crippen molar-refractivity contribution in [3.05, 3.63) is 0 Å². The summed E-state index contributed by atoms with van der Waals surface area (Å²) in [6, 6.07) is -0.744. The van der Waals surface area contributed by atoms with Gasteiger partial charge >= 0.3 is 6.03 Å². The molecule has 4 fully saturated rings. The van der Waals surface area contributed by atoms with Gasteiger partial charge in [0.25, 0.3) is 5.91 Å². The summed E-state index contributed by atoms with van der Waals surface area (Å²) in [5, 5.41) is 0. The summed E-state index contributed by atoms with van der Waals surface area (Å²) in [6.07, 6.45) is 6.68. The number of likely N-dealkylation sites (tertiary alicyclic amines) is 1. The first-order chi connectivity index (χ1) is 12.1. The van der Waals surface area contributed by atoms with E-state index in [4.69, 9.17) is 4.74 Å². The van der Waals surface area contributed by atoms with Crippen LogP contribution in [-0.2, 0) is 14.3 Å². The minimum Gasteiger partial charge on any atom is -0.380 e. The van der Waals surface area contributed by atoms with Gasteiger partial charge < -0.3 is 14.5 Å². The molecule has 4 rings (SSSR count). The zero-order valence-electron chi connectivity index (χ0n) is 14.9. The number of amides is 4. The van der Waals surface area contributed by atoms with Crippen molar-refractivity contribution in [1.82, 2.24) is 14.7 Å². The van der Waals surface area contributed by atoms with E-state index in [0.29, 0.717) is 32.5 Å². The van der Waals surface area contributed by atoms with Gasteiger partial charge in [-0.15, -0.1) is 0 Å². The molecule has 3 heterocycles. The molecule has 0 aromatic rings. The molecule has 0 radical (unpaired) electrons. The standard InChI is InChI=1S/C18H27N3O4/c1-25-14-9-15-17(23)21(18(24)20(15)11-14)13-7-8-19(10-13)16(22)12-5-3-2-4-6-12/h12-15H,2-11H2,1H3. The SMILES string of the molecule is COC1CC2C(=O)N(C3CCN(C(=O)C4CCCCC4)C3)C(=O)N2C1. The van der Waals surface area contributed by atoms with E-state index in [1.807, 2.05) is 4.90 Å². The molecule has 3 aliphatic heterocycles. The van der Waals surface area contributed by atoms with E-state index < -0.39 is 0 Å². The Labute approximate surface area is 148 Å². The molecule has 25 heavy (non-hydrogen) atoms. The van der Waals surface area contributed by atoms with Gasteiger partial charge in [-0.1, -0.05) is 19.3 Å². The van der Waals surface area contributed by atoms with Gasteiger partial charge in [0.15, 0.2) is 0 Å². The van der Waals surface area contributed by atoms with Gasteiger partial charge in [-0.3, -0.25) is 14.5 Å². The van der Waals surface area contributed by atoms with Crippen molar-refractivity contribution < 1.29 is 19.1 Å². The average Bonchev–Trinajstić information content (AvgIpc) is 3.33. The predicted molar refractivity (Wildman–Crippen MR) is 89.7 cm³/mol. The molecule has 7 heteroatoms. The second-order valence-electron chi connectivity index (χ2n) is 7.81. The summed E-state index contributed by atoms with van der Waals surface area (Å²) in [6.45, 7) is 1.64. The van der Waals surface area contributed by atoms with Crippen LogP contribution in [0, 0.1) is 5.92 Å². The van der Waals surface area contributed by atoms with Crippen LogP contribution in [0.3, 0.4) is 0 Å². The number of hydrogen-bond donors (Lipinski definition) is 0. The number of fused-ring (bicyclic) bond motifs is 1. The highest BCUT2D eigenvalue weighted by molar-refractivity contribution is 6.05. The highest BCUT2D eigenvalue weighted by Gasteiger charge is 2.53. The van der Waals surface area contributed by atoms with Crippen LogP contribution in [0.4, 0.5) is 4.79 Å². The zero-order valence-corrected chi connectivity index (χ0v) is 14.9. The molecule has 0 bridgehead atoms. The highest BCUT2D eigenvalue weighted by Crippen LogP contribution is 2.33. The number of methoxy groups -OCH3 is 1. The van der Waals surface area contributed by atoms with Crippen LogP contribution >= 0.6 is 0 Å². The third-order valence-corrected chi connectivity index (χ3v) is 6.36. The molecule has 1 aliphatic carbocycles. The van der Waals surface area contributed by atoms with Gasteiger partial charge in [-0.05, 0) is 19.3 Å². The lowest BCUT2D eigenvalue weighted by atomic mass is 9.88. The Hall–Kier alpha value is -1.63. The molecular formula is C18H27N3O4. The molecule has 138 valence electrons. The van der Waals surface area contributed by atoms with Crippen LogP contribution in [0.25, 0.3) is 0 Å². The summed E-state index contributed by atoms with van der Waals surface area (Å²) in [5.74, 6) is 0.255. The normalized spacial score (nSPS) is 33.5. The van der Waals surface area contributed by atoms with E-state index in [2.05, 4.69) is 0 Å². The summed E-state index contributed by atoms with van der Waals surface area (Å²) < 4.78 is 5.30. The summed E-state index contributed by atoms with van der Waals surface area (Å²) in [4.78, 5) is 43.1. The topological polar surface area (TPSA) is 70.2 Å². The fourth-order valence-corrected chi connectivity index (χ4v) is 4.90. The number of urea groups is 1. The summed E-state index contributed by atoms with van der Waals surface area (Å²) in [5.41, 5.74) is 0. The Bertz CT molecular complexity index is 551. The fourth-order valence-electron chi connectivity index (χ4n) is 4.90. The van der Waals surface area contributed by atoms with E-state index in [9.17, 15) is 14.4 Å². The molecule has 0 spiro atoms. The van der Waals surface area contributed by atoms with Gasteiger partial charge in [0.1, 0.15) is 6.04 Å². The number of carbonyl (C=O) groups is 3. The van der Waals surface area contributed by atoms with Crippen LogP contribution in [0.5, 0.6) is 0 Å². The number of carbonyl (C=O) groups excluding carboxylic acids is 3. The van der Waals surface area contributed by atoms with E-state index in [-0.39, 0.29) is 42.0 Å². The summed E-state index contributed by atoms with van der Waals surface area (Å²) in [7, 11) is 1.62. The minimum atomic E-state index is -0.374. The largest absolute Gasteiger partial charge is 0.380 e. The first kappa shape index (κ1) is 16.8. The van der Waals surface area contributed by atoms with Crippen LogP contribution < -0.4 is 0 Å². The molecule has 3 saturated heterocycles.